The van der Waals surface area contributed by atoms with Gasteiger partial charge in [-0.05, 0) is 51.3 Å². The van der Waals surface area contributed by atoms with Gasteiger partial charge in [0.05, 0.1) is 16.2 Å². The molecule has 0 bridgehead atoms. The molecule has 4 heteroatoms. The van der Waals surface area contributed by atoms with E-state index in [1.54, 1.807) is 6.20 Å². The number of fused-ring (bicyclic) bond motifs is 1. The summed E-state index contributed by atoms with van der Waals surface area (Å²) in [5.41, 5.74) is 1.99. The third kappa shape index (κ3) is 3.12. The van der Waals surface area contributed by atoms with Gasteiger partial charge in [-0.25, -0.2) is 0 Å². The van der Waals surface area contributed by atoms with E-state index in [0.717, 1.165) is 41.1 Å². The Hall–Kier alpha value is -1.32. The Bertz CT molecular complexity index is 525. The zero-order chi connectivity index (χ0) is 13.0. The van der Waals surface area contributed by atoms with E-state index >= 15 is 0 Å². The van der Waals surface area contributed by atoms with E-state index in [0.29, 0.717) is 0 Å². The predicted octanol–water partition coefficient (Wildman–Crippen LogP) is 3.25. The molecule has 0 radical (unpaired) electrons. The van der Waals surface area contributed by atoms with E-state index in [-0.39, 0.29) is 0 Å². The summed E-state index contributed by atoms with van der Waals surface area (Å²) in [6.07, 6.45) is 2.90. The molecular weight excluding hydrogens is 246 g/mol. The van der Waals surface area contributed by atoms with Crippen molar-refractivity contribution in [2.75, 3.05) is 32.5 Å². The minimum absolute atomic E-state index is 0.747. The van der Waals surface area contributed by atoms with E-state index < -0.39 is 0 Å². The zero-order valence-electron chi connectivity index (χ0n) is 10.8. The number of benzene rings is 1. The van der Waals surface area contributed by atoms with Crippen molar-refractivity contribution in [2.24, 2.45) is 0 Å². The van der Waals surface area contributed by atoms with Gasteiger partial charge in [0.1, 0.15) is 0 Å². The van der Waals surface area contributed by atoms with Crippen LogP contribution in [-0.4, -0.2) is 37.1 Å². The third-order valence-electron chi connectivity index (χ3n) is 2.81. The molecular formula is C14H18ClN3. The van der Waals surface area contributed by atoms with Gasteiger partial charge in [-0.15, -0.1) is 0 Å². The lowest BCUT2D eigenvalue weighted by atomic mass is 10.2. The molecule has 0 unspecified atom stereocenters. The van der Waals surface area contributed by atoms with E-state index in [4.69, 9.17) is 11.6 Å². The molecule has 1 N–H and O–H groups in total. The molecule has 1 aromatic carbocycles. The van der Waals surface area contributed by atoms with Gasteiger partial charge in [-0.1, -0.05) is 11.6 Å². The molecule has 18 heavy (non-hydrogen) atoms. The van der Waals surface area contributed by atoms with E-state index in [9.17, 15) is 0 Å². The van der Waals surface area contributed by atoms with Crippen LogP contribution in [0.3, 0.4) is 0 Å². The SMILES string of the molecule is CN(C)CCCNc1ccc(Cl)c2cccnc12. The van der Waals surface area contributed by atoms with Crippen LogP contribution in [-0.2, 0) is 0 Å². The van der Waals surface area contributed by atoms with Crippen LogP contribution in [0.25, 0.3) is 10.9 Å². The Balaban J connectivity index is 2.11. The third-order valence-corrected chi connectivity index (χ3v) is 3.14. The van der Waals surface area contributed by atoms with Crippen LogP contribution in [0.2, 0.25) is 5.02 Å². The van der Waals surface area contributed by atoms with Crippen LogP contribution < -0.4 is 5.32 Å². The first-order valence-electron chi connectivity index (χ1n) is 6.10. The lowest BCUT2D eigenvalue weighted by Crippen LogP contribution is -2.16. The highest BCUT2D eigenvalue weighted by molar-refractivity contribution is 6.35. The number of pyridine rings is 1. The second-order valence-corrected chi connectivity index (χ2v) is 4.99. The fourth-order valence-corrected chi connectivity index (χ4v) is 2.11. The second-order valence-electron chi connectivity index (χ2n) is 4.58. The highest BCUT2D eigenvalue weighted by Gasteiger charge is 2.04. The summed E-state index contributed by atoms with van der Waals surface area (Å²) in [6, 6.07) is 7.81. The molecule has 0 aliphatic heterocycles. The van der Waals surface area contributed by atoms with Gasteiger partial charge in [-0.2, -0.15) is 0 Å². The summed E-state index contributed by atoms with van der Waals surface area (Å²) in [5, 5.41) is 5.17. The summed E-state index contributed by atoms with van der Waals surface area (Å²) < 4.78 is 0. The van der Waals surface area contributed by atoms with Crippen LogP contribution in [0.15, 0.2) is 30.5 Å². The smallest absolute Gasteiger partial charge is 0.0948 e. The summed E-state index contributed by atoms with van der Waals surface area (Å²) in [4.78, 5) is 6.58. The van der Waals surface area contributed by atoms with Crippen LogP contribution in [0.1, 0.15) is 6.42 Å². The van der Waals surface area contributed by atoms with Crippen LogP contribution >= 0.6 is 11.6 Å². The lowest BCUT2D eigenvalue weighted by Gasteiger charge is -2.12. The number of hydrogen-bond acceptors (Lipinski definition) is 3. The summed E-state index contributed by atoms with van der Waals surface area (Å²) in [6.45, 7) is 2.01. The van der Waals surface area contributed by atoms with Crippen molar-refractivity contribution in [2.45, 2.75) is 6.42 Å². The van der Waals surface area contributed by atoms with Crippen molar-refractivity contribution in [3.8, 4) is 0 Å². The molecule has 2 rings (SSSR count). The average molecular weight is 264 g/mol. The molecule has 0 saturated heterocycles. The number of anilines is 1. The maximum atomic E-state index is 6.16. The van der Waals surface area contributed by atoms with Crippen molar-refractivity contribution in [1.29, 1.82) is 0 Å². The van der Waals surface area contributed by atoms with Crippen molar-refractivity contribution < 1.29 is 0 Å². The molecule has 96 valence electrons. The molecule has 0 aliphatic rings. The number of aromatic nitrogens is 1. The minimum atomic E-state index is 0.747. The van der Waals surface area contributed by atoms with E-state index in [1.165, 1.54) is 0 Å². The Morgan fingerprint density at radius 1 is 1.28 bits per heavy atom. The first kappa shape index (κ1) is 13.1. The summed E-state index contributed by atoms with van der Waals surface area (Å²) >= 11 is 6.16. The van der Waals surface area contributed by atoms with Gasteiger partial charge in [0.25, 0.3) is 0 Å². The average Bonchev–Trinajstić information content (AvgIpc) is 2.37. The molecule has 1 heterocycles. The summed E-state index contributed by atoms with van der Waals surface area (Å²) in [7, 11) is 4.17. The van der Waals surface area contributed by atoms with E-state index in [2.05, 4.69) is 29.3 Å². The Morgan fingerprint density at radius 3 is 2.89 bits per heavy atom. The van der Waals surface area contributed by atoms with Gasteiger partial charge < -0.3 is 10.2 Å². The largest absolute Gasteiger partial charge is 0.383 e. The number of nitrogens with one attached hydrogen (secondary N) is 1. The molecule has 3 nitrogen and oxygen atoms in total. The normalized spacial score (nSPS) is 11.1. The molecule has 0 amide bonds. The highest BCUT2D eigenvalue weighted by Crippen LogP contribution is 2.27. The summed E-state index contributed by atoms with van der Waals surface area (Å²) in [5.74, 6) is 0. The van der Waals surface area contributed by atoms with Crippen molar-refractivity contribution in [3.05, 3.63) is 35.5 Å². The minimum Gasteiger partial charge on any atom is -0.383 e. The highest BCUT2D eigenvalue weighted by atomic mass is 35.5. The Labute approximate surface area is 113 Å². The first-order chi connectivity index (χ1) is 8.68. The molecule has 0 atom stereocenters. The van der Waals surface area contributed by atoms with Gasteiger partial charge >= 0.3 is 0 Å². The molecule has 1 aromatic heterocycles. The lowest BCUT2D eigenvalue weighted by molar-refractivity contribution is 0.405. The maximum absolute atomic E-state index is 6.16. The first-order valence-corrected chi connectivity index (χ1v) is 6.48. The van der Waals surface area contributed by atoms with Crippen molar-refractivity contribution in [3.63, 3.8) is 0 Å². The topological polar surface area (TPSA) is 28.2 Å². The zero-order valence-corrected chi connectivity index (χ0v) is 11.5. The van der Waals surface area contributed by atoms with Gasteiger partial charge in [0, 0.05) is 18.1 Å². The van der Waals surface area contributed by atoms with Gasteiger partial charge in [0.15, 0.2) is 0 Å². The monoisotopic (exact) mass is 263 g/mol. The number of hydrogen-bond donors (Lipinski definition) is 1. The Kier molecular flexibility index (Phi) is 4.39. The quantitative estimate of drug-likeness (QED) is 0.840. The fourth-order valence-electron chi connectivity index (χ4n) is 1.90. The molecule has 0 fully saturated rings. The van der Waals surface area contributed by atoms with Gasteiger partial charge in [0.2, 0.25) is 0 Å². The molecule has 0 spiro atoms. The van der Waals surface area contributed by atoms with E-state index in [1.807, 2.05) is 24.3 Å². The fraction of sp³-hybridized carbons (Fsp3) is 0.357. The number of nitrogens with zero attached hydrogens (tertiary/aromatic N) is 2. The van der Waals surface area contributed by atoms with Gasteiger partial charge in [-0.3, -0.25) is 4.98 Å². The van der Waals surface area contributed by atoms with Crippen LogP contribution in [0.4, 0.5) is 5.69 Å². The standard InChI is InChI=1S/C14H18ClN3/c1-18(2)10-4-9-16-13-7-6-12(15)11-5-3-8-17-14(11)13/h3,5-8,16H,4,9-10H2,1-2H3. The number of rotatable bonds is 5. The van der Waals surface area contributed by atoms with Crippen molar-refractivity contribution >= 4 is 28.2 Å². The maximum Gasteiger partial charge on any atom is 0.0948 e. The van der Waals surface area contributed by atoms with Crippen LogP contribution in [0, 0.1) is 0 Å². The molecule has 0 saturated carbocycles. The molecule has 2 aromatic rings. The predicted molar refractivity (Wildman–Crippen MR) is 78.4 cm³/mol. The second kappa shape index (κ2) is 6.03. The number of halogens is 1. The van der Waals surface area contributed by atoms with Crippen molar-refractivity contribution in [1.82, 2.24) is 9.88 Å². The Morgan fingerprint density at radius 2 is 2.11 bits per heavy atom. The van der Waals surface area contributed by atoms with Crippen LogP contribution in [0.5, 0.6) is 0 Å². The molecule has 0 aliphatic carbocycles.